The van der Waals surface area contributed by atoms with Crippen molar-refractivity contribution in [2.45, 2.75) is 32.1 Å². The molecule has 2 atom stereocenters. The van der Waals surface area contributed by atoms with Crippen molar-refractivity contribution in [2.75, 3.05) is 33.4 Å². The predicted molar refractivity (Wildman–Crippen MR) is 120 cm³/mol. The van der Waals surface area contributed by atoms with Gasteiger partial charge in [-0.2, -0.15) is 0 Å². The van der Waals surface area contributed by atoms with E-state index >= 15 is 0 Å². The summed E-state index contributed by atoms with van der Waals surface area (Å²) < 4.78 is 10.7. The maximum Gasteiger partial charge on any atom is 0.319 e. The van der Waals surface area contributed by atoms with E-state index in [2.05, 4.69) is 41.3 Å². The lowest BCUT2D eigenvalue weighted by atomic mass is 9.95. The Morgan fingerprint density at radius 3 is 2.26 bits per heavy atom. The Bertz CT molecular complexity index is 895. The minimum absolute atomic E-state index is 0.0858. The van der Waals surface area contributed by atoms with Gasteiger partial charge in [-0.05, 0) is 47.6 Å². The van der Waals surface area contributed by atoms with Crippen molar-refractivity contribution >= 4 is 11.9 Å². The molecule has 31 heavy (non-hydrogen) atoms. The molecule has 0 spiro atoms. The van der Waals surface area contributed by atoms with Gasteiger partial charge < -0.3 is 9.47 Å². The van der Waals surface area contributed by atoms with Crippen LogP contribution in [0.15, 0.2) is 48.5 Å². The van der Waals surface area contributed by atoms with Crippen molar-refractivity contribution < 1.29 is 19.1 Å². The molecule has 0 aliphatic heterocycles. The third kappa shape index (κ3) is 4.52. The van der Waals surface area contributed by atoms with Crippen LogP contribution in [0.2, 0.25) is 0 Å². The van der Waals surface area contributed by atoms with E-state index in [0.717, 1.165) is 32.4 Å². The molecule has 1 unspecified atom stereocenters. The summed E-state index contributed by atoms with van der Waals surface area (Å²) in [6.45, 7) is 4.14. The summed E-state index contributed by atoms with van der Waals surface area (Å²) in [4.78, 5) is 26.8. The highest BCUT2D eigenvalue weighted by molar-refractivity contribution is 5.79. The fourth-order valence-corrected chi connectivity index (χ4v) is 5.16. The molecule has 4 rings (SSSR count). The second kappa shape index (κ2) is 9.65. The summed E-state index contributed by atoms with van der Waals surface area (Å²) in [5.41, 5.74) is 4.93. The second-order valence-corrected chi connectivity index (χ2v) is 8.56. The summed E-state index contributed by atoms with van der Waals surface area (Å²) in [7, 11) is 1.41. The molecule has 1 saturated carbocycles. The Labute approximate surface area is 184 Å². The van der Waals surface area contributed by atoms with Crippen molar-refractivity contribution in [1.29, 1.82) is 0 Å². The number of esters is 2. The average Bonchev–Trinajstić information content (AvgIpc) is 3.39. The van der Waals surface area contributed by atoms with E-state index in [0.29, 0.717) is 6.61 Å². The largest absolute Gasteiger partial charge is 0.468 e. The summed E-state index contributed by atoms with van der Waals surface area (Å²) >= 11 is 0. The van der Waals surface area contributed by atoms with Gasteiger partial charge in [0.25, 0.3) is 0 Å². The van der Waals surface area contributed by atoms with Crippen LogP contribution in [-0.2, 0) is 19.1 Å². The van der Waals surface area contributed by atoms with E-state index in [1.165, 1.54) is 29.4 Å². The van der Waals surface area contributed by atoms with Crippen LogP contribution in [0.4, 0.5) is 0 Å². The van der Waals surface area contributed by atoms with Crippen molar-refractivity contribution in [2.24, 2.45) is 11.8 Å². The van der Waals surface area contributed by atoms with Crippen LogP contribution in [0, 0.1) is 11.8 Å². The van der Waals surface area contributed by atoms with Crippen molar-refractivity contribution in [3.8, 4) is 11.1 Å². The molecule has 164 valence electrons. The number of carbonyl (C=O) groups excluding carboxylic acids is 2. The highest BCUT2D eigenvalue weighted by Crippen LogP contribution is 2.44. The molecule has 0 amide bonds. The van der Waals surface area contributed by atoms with Gasteiger partial charge in [-0.3, -0.25) is 14.5 Å². The van der Waals surface area contributed by atoms with Gasteiger partial charge in [-0.25, -0.2) is 0 Å². The number of methoxy groups -OCH3 is 1. The van der Waals surface area contributed by atoms with Crippen LogP contribution in [0.1, 0.15) is 43.2 Å². The molecule has 0 saturated heterocycles. The standard InChI is InChI=1S/C26H31NO4/c1-3-27(16-25(28)30-2)15-18-9-8-14-19(18)26(29)31-17-24-22-12-6-4-10-20(22)21-11-5-7-13-23(21)24/h4-7,10-13,18-19,24H,3,8-9,14-17H2,1-2H3/t18-,19?/m1/s1. The monoisotopic (exact) mass is 421 g/mol. The fourth-order valence-electron chi connectivity index (χ4n) is 5.16. The molecule has 2 aromatic carbocycles. The number of ether oxygens (including phenoxy) is 2. The normalized spacial score (nSPS) is 19.8. The zero-order valence-corrected chi connectivity index (χ0v) is 18.4. The summed E-state index contributed by atoms with van der Waals surface area (Å²) in [5, 5.41) is 0. The fraction of sp³-hybridized carbons (Fsp3) is 0.462. The van der Waals surface area contributed by atoms with Crippen LogP contribution >= 0.6 is 0 Å². The van der Waals surface area contributed by atoms with Gasteiger partial charge in [0.05, 0.1) is 19.6 Å². The molecule has 0 radical (unpaired) electrons. The first-order valence-corrected chi connectivity index (χ1v) is 11.3. The van der Waals surface area contributed by atoms with E-state index < -0.39 is 0 Å². The van der Waals surface area contributed by atoms with Crippen LogP contribution in [0.3, 0.4) is 0 Å². The molecule has 0 bridgehead atoms. The second-order valence-electron chi connectivity index (χ2n) is 8.56. The quantitative estimate of drug-likeness (QED) is 0.597. The first-order valence-electron chi connectivity index (χ1n) is 11.3. The Morgan fingerprint density at radius 2 is 1.65 bits per heavy atom. The highest BCUT2D eigenvalue weighted by Gasteiger charge is 2.36. The molecule has 5 heteroatoms. The van der Waals surface area contributed by atoms with E-state index in [-0.39, 0.29) is 36.2 Å². The molecule has 0 heterocycles. The number of likely N-dealkylation sites (N-methyl/N-ethyl adjacent to an activating group) is 1. The Hall–Kier alpha value is -2.66. The first-order chi connectivity index (χ1) is 15.1. The third-order valence-corrected chi connectivity index (χ3v) is 6.84. The third-order valence-electron chi connectivity index (χ3n) is 6.84. The van der Waals surface area contributed by atoms with Gasteiger partial charge in [0.1, 0.15) is 6.61 Å². The Morgan fingerprint density at radius 1 is 1.00 bits per heavy atom. The van der Waals surface area contributed by atoms with Gasteiger partial charge >= 0.3 is 11.9 Å². The first kappa shape index (κ1) is 21.6. The van der Waals surface area contributed by atoms with E-state index in [9.17, 15) is 9.59 Å². The molecular formula is C26H31NO4. The van der Waals surface area contributed by atoms with Crippen molar-refractivity contribution in [3.63, 3.8) is 0 Å². The smallest absolute Gasteiger partial charge is 0.319 e. The van der Waals surface area contributed by atoms with Gasteiger partial charge in [0.2, 0.25) is 0 Å². The van der Waals surface area contributed by atoms with Gasteiger partial charge in [-0.1, -0.05) is 61.9 Å². The maximum atomic E-state index is 13.1. The Balaban J connectivity index is 1.41. The zero-order valence-electron chi connectivity index (χ0n) is 18.4. The summed E-state index contributed by atoms with van der Waals surface area (Å²) in [6, 6.07) is 16.8. The molecule has 1 fully saturated rings. The number of hydrogen-bond acceptors (Lipinski definition) is 5. The number of rotatable bonds is 8. The van der Waals surface area contributed by atoms with Crippen molar-refractivity contribution in [1.82, 2.24) is 4.90 Å². The van der Waals surface area contributed by atoms with Crippen LogP contribution in [0.25, 0.3) is 11.1 Å². The van der Waals surface area contributed by atoms with Crippen molar-refractivity contribution in [3.05, 3.63) is 59.7 Å². The lowest BCUT2D eigenvalue weighted by molar-refractivity contribution is -0.150. The maximum absolute atomic E-state index is 13.1. The van der Waals surface area contributed by atoms with Gasteiger partial charge in [0, 0.05) is 12.5 Å². The SMILES string of the molecule is CCN(CC(=O)OC)C[C@H]1CCCC1C(=O)OCC1c2ccccc2-c2ccccc21. The van der Waals surface area contributed by atoms with E-state index in [4.69, 9.17) is 9.47 Å². The Kier molecular flexibility index (Phi) is 6.71. The molecule has 5 nitrogen and oxygen atoms in total. The van der Waals surface area contributed by atoms with E-state index in [1.54, 1.807) is 0 Å². The van der Waals surface area contributed by atoms with Gasteiger partial charge in [-0.15, -0.1) is 0 Å². The van der Waals surface area contributed by atoms with Gasteiger partial charge in [0.15, 0.2) is 0 Å². The molecule has 0 N–H and O–H groups in total. The zero-order chi connectivity index (χ0) is 21.8. The minimum atomic E-state index is -0.238. The predicted octanol–water partition coefficient (Wildman–Crippen LogP) is 4.25. The topological polar surface area (TPSA) is 55.8 Å². The van der Waals surface area contributed by atoms with Crippen LogP contribution in [0.5, 0.6) is 0 Å². The number of hydrogen-bond donors (Lipinski definition) is 0. The number of nitrogens with zero attached hydrogens (tertiary/aromatic N) is 1. The summed E-state index contributed by atoms with van der Waals surface area (Å²) in [5.74, 6) is -0.127. The van der Waals surface area contributed by atoms with Crippen LogP contribution in [-0.4, -0.2) is 50.2 Å². The van der Waals surface area contributed by atoms with Crippen LogP contribution < -0.4 is 0 Å². The highest BCUT2D eigenvalue weighted by atomic mass is 16.5. The molecule has 2 aromatic rings. The minimum Gasteiger partial charge on any atom is -0.468 e. The lowest BCUT2D eigenvalue weighted by Crippen LogP contribution is -2.37. The average molecular weight is 422 g/mol. The van der Waals surface area contributed by atoms with E-state index in [1.807, 2.05) is 19.1 Å². The number of fused-ring (bicyclic) bond motifs is 3. The number of benzene rings is 2. The molecule has 0 aromatic heterocycles. The lowest BCUT2D eigenvalue weighted by Gasteiger charge is -2.26. The molecular weight excluding hydrogens is 390 g/mol. The molecule has 2 aliphatic rings. The number of carbonyl (C=O) groups is 2. The molecule has 2 aliphatic carbocycles. The summed E-state index contributed by atoms with van der Waals surface area (Å²) in [6.07, 6.45) is 2.87.